The molecular weight excluding hydrogens is 190 g/mol. The lowest BCUT2D eigenvalue weighted by atomic mass is 10.2. The highest BCUT2D eigenvalue weighted by atomic mass is 32.2. The summed E-state index contributed by atoms with van der Waals surface area (Å²) in [6.07, 6.45) is 1.73. The van der Waals surface area contributed by atoms with Gasteiger partial charge in [0.2, 0.25) is 0 Å². The maximum atomic E-state index is 11.5. The van der Waals surface area contributed by atoms with Crippen molar-refractivity contribution in [2.24, 2.45) is 5.11 Å². The van der Waals surface area contributed by atoms with Crippen LogP contribution < -0.4 is 0 Å². The predicted octanol–water partition coefficient (Wildman–Crippen LogP) is 1.22. The number of rotatable bonds is 4. The zero-order valence-electron chi connectivity index (χ0n) is 7.39. The van der Waals surface area contributed by atoms with E-state index in [2.05, 4.69) is 10.0 Å². The van der Waals surface area contributed by atoms with Crippen molar-refractivity contribution >= 4 is 10.8 Å². The number of azide groups is 1. The predicted molar refractivity (Wildman–Crippen MR) is 50.9 cm³/mol. The molecule has 0 aliphatic carbocycles. The van der Waals surface area contributed by atoms with E-state index in [0.717, 1.165) is 12.8 Å². The Bertz CT molecular complexity index is 222. The molecule has 0 aromatic heterocycles. The minimum Gasteiger partial charge on any atom is -0.381 e. The van der Waals surface area contributed by atoms with Gasteiger partial charge in [-0.15, -0.1) is 0 Å². The molecule has 0 amide bonds. The average molecular weight is 203 g/mol. The number of ether oxygens (including phenoxy) is 1. The zero-order chi connectivity index (χ0) is 9.52. The molecule has 0 aromatic rings. The second-order valence-electron chi connectivity index (χ2n) is 2.85. The van der Waals surface area contributed by atoms with Gasteiger partial charge in [-0.1, -0.05) is 5.11 Å². The minimum atomic E-state index is -0.853. The Hall–Kier alpha value is -0.580. The Morgan fingerprint density at radius 2 is 2.23 bits per heavy atom. The van der Waals surface area contributed by atoms with Crippen LogP contribution in [0, 0.1) is 0 Å². The second kappa shape index (κ2) is 5.96. The van der Waals surface area contributed by atoms with Gasteiger partial charge in [0, 0.05) is 46.5 Å². The molecule has 0 N–H and O–H groups in total. The van der Waals surface area contributed by atoms with Crippen molar-refractivity contribution < 1.29 is 8.95 Å². The van der Waals surface area contributed by atoms with Crippen LogP contribution in [0.25, 0.3) is 10.4 Å². The Labute approximate surface area is 79.5 Å². The van der Waals surface area contributed by atoms with E-state index in [0.29, 0.717) is 25.5 Å². The van der Waals surface area contributed by atoms with E-state index in [1.807, 2.05) is 0 Å². The van der Waals surface area contributed by atoms with E-state index in [1.54, 1.807) is 0 Å². The third-order valence-electron chi connectivity index (χ3n) is 2.00. The molecule has 1 fully saturated rings. The number of hydrogen-bond acceptors (Lipinski definition) is 3. The van der Waals surface area contributed by atoms with Gasteiger partial charge in [0.1, 0.15) is 0 Å². The third-order valence-corrected chi connectivity index (χ3v) is 3.80. The summed E-state index contributed by atoms with van der Waals surface area (Å²) in [5.41, 5.74) is 8.03. The first kappa shape index (κ1) is 10.5. The van der Waals surface area contributed by atoms with Crippen molar-refractivity contribution in [2.75, 3.05) is 25.5 Å². The maximum Gasteiger partial charge on any atom is 0.0477 e. The standard InChI is InChI=1S/C7H13N3O2S/c8-10-9-3-6-13(11)7-1-4-12-5-2-7/h7H,1-6H2. The van der Waals surface area contributed by atoms with Crippen LogP contribution in [0.2, 0.25) is 0 Å². The largest absolute Gasteiger partial charge is 0.381 e. The summed E-state index contributed by atoms with van der Waals surface area (Å²) >= 11 is 0. The van der Waals surface area contributed by atoms with Gasteiger partial charge < -0.3 is 4.74 Å². The Morgan fingerprint density at radius 1 is 1.54 bits per heavy atom. The summed E-state index contributed by atoms with van der Waals surface area (Å²) in [6, 6.07) is 0. The molecule has 6 heteroatoms. The molecule has 0 aromatic carbocycles. The van der Waals surface area contributed by atoms with E-state index in [4.69, 9.17) is 10.3 Å². The van der Waals surface area contributed by atoms with Crippen molar-refractivity contribution in [3.05, 3.63) is 10.4 Å². The summed E-state index contributed by atoms with van der Waals surface area (Å²) in [4.78, 5) is 2.62. The number of nitrogens with zero attached hydrogens (tertiary/aromatic N) is 3. The smallest absolute Gasteiger partial charge is 0.0477 e. The van der Waals surface area contributed by atoms with Crippen molar-refractivity contribution in [1.29, 1.82) is 0 Å². The van der Waals surface area contributed by atoms with Crippen LogP contribution in [0.5, 0.6) is 0 Å². The van der Waals surface area contributed by atoms with E-state index >= 15 is 0 Å². The Kier molecular flexibility index (Phi) is 4.82. The van der Waals surface area contributed by atoms with Gasteiger partial charge >= 0.3 is 0 Å². The summed E-state index contributed by atoms with van der Waals surface area (Å²) in [5.74, 6) is 0.481. The maximum absolute atomic E-state index is 11.5. The topological polar surface area (TPSA) is 75.1 Å². The molecule has 0 bridgehead atoms. The van der Waals surface area contributed by atoms with Gasteiger partial charge in [-0.2, -0.15) is 0 Å². The Morgan fingerprint density at radius 3 is 2.85 bits per heavy atom. The highest BCUT2D eigenvalue weighted by Gasteiger charge is 2.19. The third kappa shape index (κ3) is 3.76. The van der Waals surface area contributed by atoms with Crippen LogP contribution in [0.15, 0.2) is 5.11 Å². The molecule has 0 spiro atoms. The molecule has 5 nitrogen and oxygen atoms in total. The fourth-order valence-corrected chi connectivity index (χ4v) is 2.59. The first-order chi connectivity index (χ1) is 6.34. The van der Waals surface area contributed by atoms with Gasteiger partial charge in [-0.05, 0) is 18.4 Å². The van der Waals surface area contributed by atoms with Gasteiger partial charge in [0.05, 0.1) is 0 Å². The van der Waals surface area contributed by atoms with E-state index < -0.39 is 10.8 Å². The van der Waals surface area contributed by atoms with E-state index in [-0.39, 0.29) is 5.25 Å². The SMILES string of the molecule is [N-]=[N+]=NCCS(=O)C1CCOCC1. The first-order valence-electron chi connectivity index (χ1n) is 4.30. The highest BCUT2D eigenvalue weighted by molar-refractivity contribution is 7.85. The average Bonchev–Trinajstić information content (AvgIpc) is 2.19. The van der Waals surface area contributed by atoms with Crippen molar-refractivity contribution in [2.45, 2.75) is 18.1 Å². The quantitative estimate of drug-likeness (QED) is 0.391. The molecule has 0 saturated carbocycles. The van der Waals surface area contributed by atoms with Gasteiger partial charge in [-0.3, -0.25) is 4.21 Å². The molecule has 1 unspecified atom stereocenters. The zero-order valence-corrected chi connectivity index (χ0v) is 8.20. The van der Waals surface area contributed by atoms with Crippen LogP contribution >= 0.6 is 0 Å². The first-order valence-corrected chi connectivity index (χ1v) is 5.68. The van der Waals surface area contributed by atoms with E-state index in [9.17, 15) is 4.21 Å². The lowest BCUT2D eigenvalue weighted by Gasteiger charge is -2.20. The van der Waals surface area contributed by atoms with Gasteiger partial charge in [-0.25, -0.2) is 0 Å². The van der Waals surface area contributed by atoms with Crippen molar-refractivity contribution in [3.8, 4) is 0 Å². The molecule has 1 aliphatic heterocycles. The molecule has 1 atom stereocenters. The lowest BCUT2D eigenvalue weighted by Crippen LogP contribution is -2.26. The molecule has 1 aliphatic rings. The van der Waals surface area contributed by atoms with Crippen LogP contribution in [0.4, 0.5) is 0 Å². The molecule has 0 radical (unpaired) electrons. The second-order valence-corrected chi connectivity index (χ2v) is 4.69. The number of hydrogen-bond donors (Lipinski definition) is 0. The van der Waals surface area contributed by atoms with Crippen LogP contribution in [0.1, 0.15) is 12.8 Å². The van der Waals surface area contributed by atoms with Gasteiger partial charge in [0.15, 0.2) is 0 Å². The summed E-state index contributed by atoms with van der Waals surface area (Å²) in [7, 11) is -0.853. The highest BCUT2D eigenvalue weighted by Crippen LogP contribution is 2.13. The fourth-order valence-electron chi connectivity index (χ4n) is 1.28. The Balaban J connectivity index is 2.24. The van der Waals surface area contributed by atoms with Gasteiger partial charge in [0.25, 0.3) is 0 Å². The monoisotopic (exact) mass is 203 g/mol. The summed E-state index contributed by atoms with van der Waals surface area (Å²) < 4.78 is 16.7. The fraction of sp³-hybridized carbons (Fsp3) is 1.00. The van der Waals surface area contributed by atoms with Crippen LogP contribution in [-0.2, 0) is 15.5 Å². The molecule has 13 heavy (non-hydrogen) atoms. The normalized spacial score (nSPS) is 20.6. The van der Waals surface area contributed by atoms with Crippen molar-refractivity contribution in [1.82, 2.24) is 0 Å². The molecule has 74 valence electrons. The summed E-state index contributed by atoms with van der Waals surface area (Å²) in [6.45, 7) is 1.75. The molecule has 1 rings (SSSR count). The van der Waals surface area contributed by atoms with Crippen molar-refractivity contribution in [3.63, 3.8) is 0 Å². The summed E-state index contributed by atoms with van der Waals surface area (Å²) in [5, 5.41) is 3.60. The molecular formula is C7H13N3O2S. The lowest BCUT2D eigenvalue weighted by molar-refractivity contribution is 0.0992. The molecule has 1 heterocycles. The molecule has 1 saturated heterocycles. The van der Waals surface area contributed by atoms with Crippen LogP contribution in [0.3, 0.4) is 0 Å². The minimum absolute atomic E-state index is 0.239. The van der Waals surface area contributed by atoms with E-state index in [1.165, 1.54) is 0 Å². The van der Waals surface area contributed by atoms with Crippen LogP contribution in [-0.4, -0.2) is 35.0 Å².